The summed E-state index contributed by atoms with van der Waals surface area (Å²) in [7, 11) is 0. The quantitative estimate of drug-likeness (QED) is 0.789. The van der Waals surface area contributed by atoms with Crippen LogP contribution in [0.2, 0.25) is 0 Å². The molecule has 1 N–H and O–H groups in total. The number of ether oxygens (including phenoxy) is 1. The van der Waals surface area contributed by atoms with Crippen LogP contribution in [-0.2, 0) is 18.0 Å². The normalized spacial score (nSPS) is 13.5. The van der Waals surface area contributed by atoms with Crippen LogP contribution in [0.25, 0.3) is 0 Å². The van der Waals surface area contributed by atoms with Gasteiger partial charge in [0.25, 0.3) is 0 Å². The smallest absolute Gasteiger partial charge is 0.130 e. The summed E-state index contributed by atoms with van der Waals surface area (Å²) in [4.78, 5) is 0. The van der Waals surface area contributed by atoms with E-state index >= 15 is 0 Å². The summed E-state index contributed by atoms with van der Waals surface area (Å²) in [5, 5.41) is 8.78. The molecule has 1 unspecified atom stereocenters. The fourth-order valence-electron chi connectivity index (χ4n) is 0.991. The summed E-state index contributed by atoms with van der Waals surface area (Å²) in [6.45, 7) is 6.69. The second-order valence-electron chi connectivity index (χ2n) is 3.79. The van der Waals surface area contributed by atoms with Crippen molar-refractivity contribution in [2.45, 2.75) is 40.1 Å². The first kappa shape index (κ1) is 11.3. The molecule has 0 aliphatic heterocycles. The molecule has 0 saturated carbocycles. The van der Waals surface area contributed by atoms with Crippen LogP contribution in [0.3, 0.4) is 0 Å². The highest BCUT2D eigenvalue weighted by molar-refractivity contribution is 5.05. The Morgan fingerprint density at radius 1 is 1.29 bits per heavy atom. The molecule has 80 valence electrons. The van der Waals surface area contributed by atoms with Crippen LogP contribution in [0.5, 0.6) is 0 Å². The minimum atomic E-state index is -0.0558. The Bertz CT molecular complexity index is 265. The zero-order valence-electron chi connectivity index (χ0n) is 8.99. The molecule has 0 spiro atoms. The Morgan fingerprint density at radius 3 is 2.43 bits per heavy atom. The maximum atomic E-state index is 8.78. The highest BCUT2D eigenvalue weighted by Gasteiger charge is 2.08. The lowest BCUT2D eigenvalue weighted by Gasteiger charge is -2.15. The summed E-state index contributed by atoms with van der Waals surface area (Å²) in [6, 6.07) is 3.59. The summed E-state index contributed by atoms with van der Waals surface area (Å²) in [6.07, 6.45) is 0.220. The van der Waals surface area contributed by atoms with Crippen LogP contribution in [0.15, 0.2) is 16.5 Å². The van der Waals surface area contributed by atoms with Crippen molar-refractivity contribution < 1.29 is 14.3 Å². The number of hydrogen-bond donors (Lipinski definition) is 1. The van der Waals surface area contributed by atoms with Gasteiger partial charge in [-0.25, -0.2) is 0 Å². The van der Waals surface area contributed by atoms with Gasteiger partial charge in [-0.1, -0.05) is 13.8 Å². The van der Waals surface area contributed by atoms with Crippen molar-refractivity contribution in [3.8, 4) is 0 Å². The van der Waals surface area contributed by atoms with Crippen LogP contribution in [0.4, 0.5) is 0 Å². The highest BCUT2D eigenvalue weighted by Crippen LogP contribution is 2.12. The van der Waals surface area contributed by atoms with E-state index in [4.69, 9.17) is 14.3 Å². The van der Waals surface area contributed by atoms with Gasteiger partial charge in [0, 0.05) is 0 Å². The van der Waals surface area contributed by atoms with Gasteiger partial charge in [-0.15, -0.1) is 0 Å². The first-order chi connectivity index (χ1) is 6.63. The Labute approximate surface area is 84.7 Å². The standard InChI is InChI=1S/C11H18O3/c1-8(2)9(3)13-7-11-5-4-10(6-12)14-11/h4-5,8-9,12H,6-7H2,1-3H3. The fraction of sp³-hybridized carbons (Fsp3) is 0.636. The summed E-state index contributed by atoms with van der Waals surface area (Å²) in [5.74, 6) is 1.85. The fourth-order valence-corrected chi connectivity index (χ4v) is 0.991. The number of rotatable bonds is 5. The predicted molar refractivity (Wildman–Crippen MR) is 53.7 cm³/mol. The lowest BCUT2D eigenvalue weighted by atomic mass is 10.1. The lowest BCUT2D eigenvalue weighted by Crippen LogP contribution is -2.14. The molecular weight excluding hydrogens is 180 g/mol. The summed E-state index contributed by atoms with van der Waals surface area (Å²) < 4.78 is 10.9. The summed E-state index contributed by atoms with van der Waals surface area (Å²) in [5.41, 5.74) is 0. The van der Waals surface area contributed by atoms with E-state index in [1.165, 1.54) is 0 Å². The molecule has 1 aromatic rings. The average Bonchev–Trinajstić information content (AvgIpc) is 2.61. The van der Waals surface area contributed by atoms with Crippen molar-refractivity contribution in [1.82, 2.24) is 0 Å². The van der Waals surface area contributed by atoms with Crippen LogP contribution in [-0.4, -0.2) is 11.2 Å². The molecule has 0 fully saturated rings. The van der Waals surface area contributed by atoms with Crippen molar-refractivity contribution in [3.63, 3.8) is 0 Å². The van der Waals surface area contributed by atoms with Gasteiger partial charge in [-0.05, 0) is 25.0 Å². The van der Waals surface area contributed by atoms with Crippen molar-refractivity contribution >= 4 is 0 Å². The molecule has 3 nitrogen and oxygen atoms in total. The second-order valence-corrected chi connectivity index (χ2v) is 3.79. The Morgan fingerprint density at radius 2 is 1.93 bits per heavy atom. The largest absolute Gasteiger partial charge is 0.461 e. The summed E-state index contributed by atoms with van der Waals surface area (Å²) >= 11 is 0. The zero-order valence-corrected chi connectivity index (χ0v) is 8.99. The zero-order chi connectivity index (χ0) is 10.6. The molecule has 0 bridgehead atoms. The average molecular weight is 198 g/mol. The van der Waals surface area contributed by atoms with Gasteiger partial charge in [-0.2, -0.15) is 0 Å². The second kappa shape index (κ2) is 5.17. The van der Waals surface area contributed by atoms with Crippen LogP contribution >= 0.6 is 0 Å². The molecule has 3 heteroatoms. The van der Waals surface area contributed by atoms with Crippen molar-refractivity contribution in [3.05, 3.63) is 23.7 Å². The molecule has 14 heavy (non-hydrogen) atoms. The lowest BCUT2D eigenvalue weighted by molar-refractivity contribution is 0.0140. The highest BCUT2D eigenvalue weighted by atomic mass is 16.5. The van der Waals surface area contributed by atoms with Gasteiger partial charge in [0.15, 0.2) is 0 Å². The molecule has 0 amide bonds. The van der Waals surface area contributed by atoms with Crippen molar-refractivity contribution in [1.29, 1.82) is 0 Å². The monoisotopic (exact) mass is 198 g/mol. The van der Waals surface area contributed by atoms with E-state index in [-0.39, 0.29) is 12.7 Å². The SMILES string of the molecule is CC(C)C(C)OCc1ccc(CO)o1. The van der Waals surface area contributed by atoms with Gasteiger partial charge in [0.1, 0.15) is 24.7 Å². The van der Waals surface area contributed by atoms with Crippen LogP contribution in [0, 0.1) is 5.92 Å². The van der Waals surface area contributed by atoms with E-state index in [1.807, 2.05) is 13.0 Å². The Hall–Kier alpha value is -0.800. The van der Waals surface area contributed by atoms with Crippen LogP contribution < -0.4 is 0 Å². The van der Waals surface area contributed by atoms with E-state index in [0.717, 1.165) is 5.76 Å². The first-order valence-corrected chi connectivity index (χ1v) is 4.93. The molecule has 1 atom stereocenters. The van der Waals surface area contributed by atoms with Gasteiger partial charge >= 0.3 is 0 Å². The molecule has 0 aromatic carbocycles. The van der Waals surface area contributed by atoms with Gasteiger partial charge in [0.2, 0.25) is 0 Å². The molecule has 1 aromatic heterocycles. The number of aliphatic hydroxyl groups is 1. The van der Waals surface area contributed by atoms with E-state index in [1.54, 1.807) is 6.07 Å². The molecule has 1 rings (SSSR count). The van der Waals surface area contributed by atoms with Gasteiger partial charge in [-0.3, -0.25) is 0 Å². The van der Waals surface area contributed by atoms with Gasteiger partial charge in [0.05, 0.1) is 6.10 Å². The first-order valence-electron chi connectivity index (χ1n) is 4.93. The third-order valence-corrected chi connectivity index (χ3v) is 2.30. The number of furan rings is 1. The molecular formula is C11H18O3. The molecule has 0 aliphatic carbocycles. The van der Waals surface area contributed by atoms with Gasteiger partial charge < -0.3 is 14.3 Å². The predicted octanol–water partition coefficient (Wildman–Crippen LogP) is 2.33. The third-order valence-electron chi connectivity index (χ3n) is 2.30. The number of aliphatic hydroxyl groups excluding tert-OH is 1. The van der Waals surface area contributed by atoms with Crippen LogP contribution in [0.1, 0.15) is 32.3 Å². The van der Waals surface area contributed by atoms with Crippen molar-refractivity contribution in [2.75, 3.05) is 0 Å². The maximum absolute atomic E-state index is 8.78. The molecule has 0 saturated heterocycles. The Balaban J connectivity index is 2.37. The topological polar surface area (TPSA) is 42.6 Å². The molecule has 1 heterocycles. The maximum Gasteiger partial charge on any atom is 0.130 e. The minimum absolute atomic E-state index is 0.0558. The Kier molecular flexibility index (Phi) is 4.17. The molecule has 0 radical (unpaired) electrons. The molecule has 0 aliphatic rings. The third kappa shape index (κ3) is 3.16. The van der Waals surface area contributed by atoms with E-state index in [2.05, 4.69) is 13.8 Å². The van der Waals surface area contributed by atoms with Crippen molar-refractivity contribution in [2.24, 2.45) is 5.92 Å². The van der Waals surface area contributed by atoms with E-state index in [9.17, 15) is 0 Å². The minimum Gasteiger partial charge on any atom is -0.461 e. The van der Waals surface area contributed by atoms with E-state index < -0.39 is 0 Å². The van der Waals surface area contributed by atoms with E-state index in [0.29, 0.717) is 18.3 Å². The number of hydrogen-bond acceptors (Lipinski definition) is 3.